The predicted octanol–water partition coefficient (Wildman–Crippen LogP) is 1.89. The van der Waals surface area contributed by atoms with Gasteiger partial charge in [0.05, 0.1) is 11.4 Å². The Morgan fingerprint density at radius 1 is 1.54 bits per heavy atom. The summed E-state index contributed by atoms with van der Waals surface area (Å²) in [7, 11) is 0. The molecule has 0 spiro atoms. The molecule has 1 aliphatic rings. The Bertz CT molecular complexity index is 377. The van der Waals surface area contributed by atoms with E-state index < -0.39 is 0 Å². The predicted molar refractivity (Wildman–Crippen MR) is 56.2 cm³/mol. The van der Waals surface area contributed by atoms with Crippen LogP contribution in [0.15, 0.2) is 20.6 Å². The maximum Gasteiger partial charge on any atom is 0.288 e. The Balaban J connectivity index is 2.54. The van der Waals surface area contributed by atoms with Crippen molar-refractivity contribution in [1.82, 2.24) is 9.55 Å². The van der Waals surface area contributed by atoms with Crippen molar-refractivity contribution in [2.24, 2.45) is 0 Å². The molecule has 3 nitrogen and oxygen atoms in total. The van der Waals surface area contributed by atoms with Crippen molar-refractivity contribution in [3.05, 3.63) is 21.2 Å². The molecular weight excluding hydrogens is 252 g/mol. The van der Waals surface area contributed by atoms with Crippen LogP contribution in [0.2, 0.25) is 0 Å². The van der Waals surface area contributed by atoms with E-state index in [1.807, 2.05) is 4.57 Å². The summed E-state index contributed by atoms with van der Waals surface area (Å²) < 4.78 is 2.66. The van der Waals surface area contributed by atoms with Gasteiger partial charge in [-0.1, -0.05) is 0 Å². The van der Waals surface area contributed by atoms with Gasteiger partial charge in [-0.2, -0.15) is 4.98 Å². The number of nitrogens with zero attached hydrogens (tertiary/aromatic N) is 2. The van der Waals surface area contributed by atoms with Gasteiger partial charge in [-0.15, -0.1) is 11.8 Å². The van der Waals surface area contributed by atoms with Crippen molar-refractivity contribution in [2.75, 3.05) is 5.75 Å². The quantitative estimate of drug-likeness (QED) is 0.669. The molecule has 1 aliphatic heterocycles. The molecule has 0 radical (unpaired) electrons. The van der Waals surface area contributed by atoms with E-state index in [-0.39, 0.29) is 5.56 Å². The zero-order valence-electron chi connectivity index (χ0n) is 6.99. The molecule has 13 heavy (non-hydrogen) atoms. The Morgan fingerprint density at radius 2 is 2.38 bits per heavy atom. The molecular formula is C8H9BrN2OS. The molecule has 1 aromatic heterocycles. The number of aryl methyl sites for hydroxylation is 1. The van der Waals surface area contributed by atoms with Crippen molar-refractivity contribution >= 4 is 27.7 Å². The highest BCUT2D eigenvalue weighted by molar-refractivity contribution is 9.10. The number of hydrogen-bond acceptors (Lipinski definition) is 3. The summed E-state index contributed by atoms with van der Waals surface area (Å²) in [6.45, 7) is 0.966. The summed E-state index contributed by atoms with van der Waals surface area (Å²) in [6, 6.07) is 0. The SMILES string of the molecule is O=c1ncn2c(c1Br)SCCCC2. The highest BCUT2D eigenvalue weighted by Crippen LogP contribution is 2.27. The van der Waals surface area contributed by atoms with Gasteiger partial charge in [0, 0.05) is 6.54 Å². The summed E-state index contributed by atoms with van der Waals surface area (Å²) in [5, 5.41) is 1.03. The zero-order valence-corrected chi connectivity index (χ0v) is 9.40. The molecule has 2 heterocycles. The highest BCUT2D eigenvalue weighted by atomic mass is 79.9. The average molecular weight is 261 g/mol. The lowest BCUT2D eigenvalue weighted by Gasteiger charge is -2.08. The Labute approximate surface area is 88.7 Å². The van der Waals surface area contributed by atoms with E-state index >= 15 is 0 Å². The molecule has 0 atom stereocenters. The second-order valence-corrected chi connectivity index (χ2v) is 4.79. The van der Waals surface area contributed by atoms with Gasteiger partial charge in [-0.3, -0.25) is 4.79 Å². The van der Waals surface area contributed by atoms with Gasteiger partial charge < -0.3 is 4.57 Å². The summed E-state index contributed by atoms with van der Waals surface area (Å²) in [4.78, 5) is 15.0. The van der Waals surface area contributed by atoms with Gasteiger partial charge >= 0.3 is 0 Å². The second kappa shape index (κ2) is 3.84. The normalized spacial score (nSPS) is 16.4. The summed E-state index contributed by atoms with van der Waals surface area (Å²) in [5.74, 6) is 1.09. The van der Waals surface area contributed by atoms with Crippen molar-refractivity contribution < 1.29 is 0 Å². The molecule has 0 unspecified atom stereocenters. The molecule has 0 N–H and O–H groups in total. The fourth-order valence-corrected chi connectivity index (χ4v) is 3.04. The van der Waals surface area contributed by atoms with Crippen LogP contribution in [0.3, 0.4) is 0 Å². The van der Waals surface area contributed by atoms with Crippen LogP contribution in [0.5, 0.6) is 0 Å². The van der Waals surface area contributed by atoms with E-state index in [1.54, 1.807) is 18.1 Å². The van der Waals surface area contributed by atoms with Crippen LogP contribution in [0.1, 0.15) is 12.8 Å². The molecule has 0 saturated heterocycles. The van der Waals surface area contributed by atoms with E-state index in [0.29, 0.717) is 4.47 Å². The van der Waals surface area contributed by atoms with E-state index in [2.05, 4.69) is 20.9 Å². The summed E-state index contributed by atoms with van der Waals surface area (Å²) in [6.07, 6.45) is 4.00. The molecule has 0 saturated carbocycles. The number of halogens is 1. The monoisotopic (exact) mass is 260 g/mol. The van der Waals surface area contributed by atoms with Gasteiger partial charge in [-0.25, -0.2) is 0 Å². The van der Waals surface area contributed by atoms with Crippen molar-refractivity contribution in [3.63, 3.8) is 0 Å². The lowest BCUT2D eigenvalue weighted by atomic mass is 10.3. The highest BCUT2D eigenvalue weighted by Gasteiger charge is 2.12. The number of fused-ring (bicyclic) bond motifs is 1. The minimum atomic E-state index is -0.166. The first-order chi connectivity index (χ1) is 6.29. The first kappa shape index (κ1) is 9.27. The topological polar surface area (TPSA) is 34.9 Å². The Kier molecular flexibility index (Phi) is 2.74. The number of rotatable bonds is 0. The van der Waals surface area contributed by atoms with Crippen molar-refractivity contribution in [1.29, 1.82) is 0 Å². The van der Waals surface area contributed by atoms with E-state index in [1.165, 1.54) is 6.42 Å². The lowest BCUT2D eigenvalue weighted by Crippen LogP contribution is -2.14. The van der Waals surface area contributed by atoms with Crippen LogP contribution in [0, 0.1) is 0 Å². The molecule has 2 rings (SSSR count). The molecule has 0 bridgehead atoms. The third-order valence-corrected chi connectivity index (χ3v) is 4.16. The van der Waals surface area contributed by atoms with Gasteiger partial charge in [0.15, 0.2) is 0 Å². The number of thioether (sulfide) groups is 1. The zero-order chi connectivity index (χ0) is 9.26. The Morgan fingerprint density at radius 3 is 3.23 bits per heavy atom. The lowest BCUT2D eigenvalue weighted by molar-refractivity contribution is 0.585. The molecule has 0 fully saturated rings. The van der Waals surface area contributed by atoms with Crippen LogP contribution in [0.25, 0.3) is 0 Å². The molecule has 1 aromatic rings. The van der Waals surface area contributed by atoms with Gasteiger partial charge in [-0.05, 0) is 34.5 Å². The van der Waals surface area contributed by atoms with Crippen LogP contribution < -0.4 is 5.56 Å². The van der Waals surface area contributed by atoms with Crippen molar-refractivity contribution in [2.45, 2.75) is 24.4 Å². The van der Waals surface area contributed by atoms with E-state index in [0.717, 1.165) is 23.7 Å². The largest absolute Gasteiger partial charge is 0.326 e. The molecule has 0 aromatic carbocycles. The fraction of sp³-hybridized carbons (Fsp3) is 0.500. The fourth-order valence-electron chi connectivity index (χ4n) is 1.31. The van der Waals surface area contributed by atoms with Crippen LogP contribution >= 0.6 is 27.7 Å². The van der Waals surface area contributed by atoms with Gasteiger partial charge in [0.1, 0.15) is 4.47 Å². The average Bonchev–Trinajstić information content (AvgIpc) is 2.36. The third-order valence-electron chi connectivity index (χ3n) is 1.98. The second-order valence-electron chi connectivity index (χ2n) is 2.92. The minimum Gasteiger partial charge on any atom is -0.326 e. The molecule has 0 amide bonds. The Hall–Kier alpha value is -0.290. The van der Waals surface area contributed by atoms with E-state index in [9.17, 15) is 4.79 Å². The smallest absolute Gasteiger partial charge is 0.288 e. The van der Waals surface area contributed by atoms with Crippen LogP contribution in [-0.4, -0.2) is 15.3 Å². The standard InChI is InChI=1S/C8H9BrN2OS/c9-6-7(12)10-5-11-3-1-2-4-13-8(6)11/h5H,1-4H2. The van der Waals surface area contributed by atoms with Crippen LogP contribution in [-0.2, 0) is 6.54 Å². The van der Waals surface area contributed by atoms with Gasteiger partial charge in [0.2, 0.25) is 0 Å². The van der Waals surface area contributed by atoms with Crippen molar-refractivity contribution in [3.8, 4) is 0 Å². The van der Waals surface area contributed by atoms with E-state index in [4.69, 9.17) is 0 Å². The third kappa shape index (κ3) is 1.81. The van der Waals surface area contributed by atoms with Crippen LogP contribution in [0.4, 0.5) is 0 Å². The summed E-state index contributed by atoms with van der Waals surface area (Å²) >= 11 is 5.01. The molecule has 0 aliphatic carbocycles. The first-order valence-corrected chi connectivity index (χ1v) is 5.94. The first-order valence-electron chi connectivity index (χ1n) is 4.17. The summed E-state index contributed by atoms with van der Waals surface area (Å²) in [5.41, 5.74) is -0.166. The van der Waals surface area contributed by atoms with Gasteiger partial charge in [0.25, 0.3) is 5.56 Å². The maximum absolute atomic E-state index is 11.2. The maximum atomic E-state index is 11.2. The number of aromatic nitrogens is 2. The minimum absolute atomic E-state index is 0.166. The molecule has 5 heteroatoms. The number of hydrogen-bond donors (Lipinski definition) is 0. The molecule has 70 valence electrons.